The number of fused-ring (bicyclic) bond motifs is 8. The summed E-state index contributed by atoms with van der Waals surface area (Å²) in [6.07, 6.45) is 4.88. The minimum atomic E-state index is -2.38. The van der Waals surface area contributed by atoms with E-state index in [1.54, 1.807) is 43.8 Å². The number of rotatable bonds is 9. The molecule has 0 amide bonds. The zero-order valence-electron chi connectivity index (χ0n) is 36.1. The molecule has 56 heavy (non-hydrogen) atoms. The van der Waals surface area contributed by atoms with Gasteiger partial charge < -0.3 is 24.8 Å². The Hall–Kier alpha value is -2.00. The standard InChI is InChI=1S/C51H64OSi.2ClH.Zr/c1-35-31-39(49(3,4)5)25-27-41(35)45-33-37-21-15-17-23-43(37)47(45)53(12,30-20-14-13-19-29-52-51(9,10)11)48-44-24-18-16-22-38(44)34-46(48)42-28-26-40(32-36(42)2)50(6,7)8;;;/h15-18,21-28,31-34H,13-14,19-20,29-30H2,1-12H3;2*1H;/q;;;+2/p-2. The first-order valence-corrected chi connectivity index (χ1v) is 26.3. The van der Waals surface area contributed by atoms with Crippen LogP contribution in [-0.4, -0.2) is 20.3 Å². The van der Waals surface area contributed by atoms with Crippen molar-refractivity contribution in [2.24, 2.45) is 0 Å². The Balaban J connectivity index is 0.00000300. The van der Waals surface area contributed by atoms with Gasteiger partial charge >= 0.3 is 322 Å². The van der Waals surface area contributed by atoms with Crippen LogP contribution < -0.4 is 24.8 Å². The summed E-state index contributed by atoms with van der Waals surface area (Å²) in [6, 6.07) is 35.7. The van der Waals surface area contributed by atoms with Crippen molar-refractivity contribution in [3.8, 4) is 0 Å². The van der Waals surface area contributed by atoms with Crippen LogP contribution in [0.15, 0.2) is 84.9 Å². The molecule has 4 aromatic rings. The second-order valence-corrected chi connectivity index (χ2v) is 27.6. The van der Waals surface area contributed by atoms with E-state index < -0.39 is 31.3 Å². The second-order valence-electron chi connectivity index (χ2n) is 19.8. The summed E-state index contributed by atoms with van der Waals surface area (Å²) in [5, 5.41) is 3.52. The van der Waals surface area contributed by atoms with Gasteiger partial charge in [0, 0.05) is 0 Å². The molecule has 1 nitrogen and oxygen atoms in total. The van der Waals surface area contributed by atoms with Crippen molar-refractivity contribution in [2.45, 2.75) is 138 Å². The van der Waals surface area contributed by atoms with Crippen LogP contribution in [0.2, 0.25) is 12.6 Å². The van der Waals surface area contributed by atoms with Crippen molar-refractivity contribution in [2.75, 3.05) is 6.61 Å². The van der Waals surface area contributed by atoms with Crippen molar-refractivity contribution in [3.05, 3.63) is 141 Å². The normalized spacial score (nSPS) is 19.9. The summed E-state index contributed by atoms with van der Waals surface area (Å²) in [5.41, 5.74) is 18.9. The Morgan fingerprint density at radius 2 is 0.982 bits per heavy atom. The third kappa shape index (κ3) is 8.52. The van der Waals surface area contributed by atoms with Gasteiger partial charge in [0.1, 0.15) is 0 Å². The molecule has 296 valence electrons. The van der Waals surface area contributed by atoms with Crippen LogP contribution in [0.1, 0.15) is 151 Å². The quantitative estimate of drug-likeness (QED) is 0.122. The van der Waals surface area contributed by atoms with Crippen LogP contribution in [-0.2, 0) is 38.8 Å². The molecule has 0 aromatic heterocycles. The first kappa shape index (κ1) is 45.1. The molecule has 5 heteroatoms. The SMILES string of the molecule is Cc1cc(C(C)(C)C)ccc1C1=C2c3ccccc3[CH]1[Zr+2][CH]1C(c3ccc(C(C)(C)C)cc3C)=C(c3ccccc31)[Si]2(C)CCCCCCOC(C)(C)C.[Cl-].[Cl-]. The minimum Gasteiger partial charge on any atom is -1.00 e. The Bertz CT molecular complexity index is 2010. The first-order chi connectivity index (χ1) is 25.4. The van der Waals surface area contributed by atoms with Crippen molar-refractivity contribution in [1.29, 1.82) is 0 Å². The monoisotopic (exact) mass is 880 g/mol. The molecule has 2 unspecified atom stereocenters. The van der Waals surface area contributed by atoms with E-state index >= 15 is 0 Å². The van der Waals surface area contributed by atoms with Gasteiger partial charge in [-0.1, -0.05) is 0 Å². The summed E-state index contributed by atoms with van der Waals surface area (Å²) >= 11 is -1.16. The Kier molecular flexibility index (Phi) is 13.6. The fraction of sp³-hybridized carbons (Fsp3) is 0.451. The third-order valence-electron chi connectivity index (χ3n) is 12.5. The summed E-state index contributed by atoms with van der Waals surface area (Å²) in [4.78, 5) is 0. The second kappa shape index (κ2) is 16.9. The zero-order valence-corrected chi connectivity index (χ0v) is 41.1. The van der Waals surface area contributed by atoms with Crippen LogP contribution in [0.3, 0.4) is 0 Å². The molecule has 4 bridgehead atoms. The first-order valence-electron chi connectivity index (χ1n) is 20.7. The fourth-order valence-electron chi connectivity index (χ4n) is 9.68. The maximum absolute atomic E-state index is 6.14. The van der Waals surface area contributed by atoms with E-state index in [4.69, 9.17) is 4.74 Å². The van der Waals surface area contributed by atoms with Gasteiger partial charge in [-0.2, -0.15) is 0 Å². The summed E-state index contributed by atoms with van der Waals surface area (Å²) < 4.78 is 7.20. The molecule has 7 rings (SSSR count). The van der Waals surface area contributed by atoms with Gasteiger partial charge in [0.05, 0.1) is 0 Å². The topological polar surface area (TPSA) is 9.23 Å². The van der Waals surface area contributed by atoms with Gasteiger partial charge in [0.25, 0.3) is 0 Å². The molecule has 3 aliphatic rings. The van der Waals surface area contributed by atoms with E-state index in [1.807, 2.05) is 0 Å². The number of allylic oxidation sites excluding steroid dienone is 2. The number of hydrogen-bond acceptors (Lipinski definition) is 1. The van der Waals surface area contributed by atoms with E-state index in [2.05, 4.69) is 168 Å². The molecule has 0 saturated heterocycles. The van der Waals surface area contributed by atoms with Crippen LogP contribution in [0.5, 0.6) is 0 Å². The molecular formula is C51H64Cl2OSiZr. The van der Waals surface area contributed by atoms with Gasteiger partial charge in [0.15, 0.2) is 0 Å². The van der Waals surface area contributed by atoms with Gasteiger partial charge in [-0.25, -0.2) is 0 Å². The molecule has 0 fully saturated rings. The van der Waals surface area contributed by atoms with Gasteiger partial charge in [-0.15, -0.1) is 0 Å². The van der Waals surface area contributed by atoms with E-state index in [1.165, 1.54) is 58.7 Å². The van der Waals surface area contributed by atoms with Crippen LogP contribution in [0.4, 0.5) is 0 Å². The van der Waals surface area contributed by atoms with E-state index in [0.29, 0.717) is 7.25 Å². The van der Waals surface area contributed by atoms with Crippen molar-refractivity contribution < 1.29 is 52.8 Å². The molecule has 2 aliphatic carbocycles. The molecule has 0 N–H and O–H groups in total. The van der Waals surface area contributed by atoms with E-state index in [9.17, 15) is 0 Å². The van der Waals surface area contributed by atoms with E-state index in [-0.39, 0.29) is 41.2 Å². The molecule has 1 aliphatic heterocycles. The number of benzene rings is 4. The molecule has 0 spiro atoms. The van der Waals surface area contributed by atoms with E-state index in [0.717, 1.165) is 13.0 Å². The number of aryl methyl sites for hydroxylation is 2. The van der Waals surface area contributed by atoms with Crippen LogP contribution in [0, 0.1) is 13.8 Å². The number of unbranched alkanes of at least 4 members (excludes halogenated alkanes) is 3. The van der Waals surface area contributed by atoms with Crippen LogP contribution in [0.25, 0.3) is 21.5 Å². The predicted molar refractivity (Wildman–Crippen MR) is 232 cm³/mol. The molecule has 0 saturated carbocycles. The minimum absolute atomic E-state index is 0. The molecular weight excluding hydrogens is 819 g/mol. The smallest absolute Gasteiger partial charge is 1.00 e. The molecule has 0 radical (unpaired) electrons. The van der Waals surface area contributed by atoms with Gasteiger partial charge in [-0.3, -0.25) is 0 Å². The fourth-order valence-corrected chi connectivity index (χ4v) is 20.7. The molecule has 2 atom stereocenters. The van der Waals surface area contributed by atoms with Crippen molar-refractivity contribution in [3.63, 3.8) is 0 Å². The average molecular weight is 883 g/mol. The van der Waals surface area contributed by atoms with Crippen LogP contribution >= 0.6 is 0 Å². The average Bonchev–Trinajstić information content (AvgIpc) is 3.61. The summed E-state index contributed by atoms with van der Waals surface area (Å²) in [6.45, 7) is 29.1. The number of ether oxygens (including phenoxy) is 1. The predicted octanol–water partition coefficient (Wildman–Crippen LogP) is 8.17. The Labute approximate surface area is 365 Å². The Morgan fingerprint density at radius 3 is 1.39 bits per heavy atom. The molecule has 4 aromatic carbocycles. The van der Waals surface area contributed by atoms with Crippen molar-refractivity contribution >= 4 is 29.6 Å². The van der Waals surface area contributed by atoms with Gasteiger partial charge in [-0.05, 0) is 20.8 Å². The zero-order chi connectivity index (χ0) is 38.8. The van der Waals surface area contributed by atoms with Gasteiger partial charge in [0.2, 0.25) is 0 Å². The Morgan fingerprint density at radius 1 is 0.554 bits per heavy atom. The number of halogens is 2. The maximum atomic E-state index is 6.14. The third-order valence-corrected chi connectivity index (χ3v) is 21.7. The molecule has 1 heterocycles. The summed E-state index contributed by atoms with van der Waals surface area (Å²) in [5.74, 6) is 0. The summed E-state index contributed by atoms with van der Waals surface area (Å²) in [7, 11) is -2.38. The van der Waals surface area contributed by atoms with Crippen molar-refractivity contribution in [1.82, 2.24) is 0 Å². The number of hydrogen-bond donors (Lipinski definition) is 0.